The Labute approximate surface area is 236 Å². The molecule has 0 bridgehead atoms. The number of aromatic nitrogens is 4. The topological polar surface area (TPSA) is 169 Å². The number of piperidine rings is 1. The number of fused-ring (bicyclic) bond motifs is 3. The number of carbonyl (C=O) groups is 3. The van der Waals surface area contributed by atoms with Crippen LogP contribution in [0.15, 0.2) is 36.4 Å². The minimum atomic E-state index is -0.862. The molecule has 12 heteroatoms. The standard InChI is InChI=1S/C29H31N9O3/c1-31-26(40)16-3-5-22-18(9-16)11-19-10-17(27(41)32-2)4-6-23(19)29(22,28-34-36-37-35-28)7-8-33-15-25(39)38-21(14-30)12-20-13-24(20)38/h3-6,9-10,20-21,24,33H,7-8,11-13,15H2,1-2H3,(H,31,40)(H,32,41)(H,34,35,36,37)/t20-,21?,24+/m1/s1. The van der Waals surface area contributed by atoms with Crippen molar-refractivity contribution in [2.24, 2.45) is 5.92 Å². The first kappa shape index (κ1) is 26.6. The third-order valence-corrected chi connectivity index (χ3v) is 8.71. The Bertz CT molecular complexity index is 1500. The van der Waals surface area contributed by atoms with Crippen molar-refractivity contribution < 1.29 is 14.4 Å². The van der Waals surface area contributed by atoms with Crippen LogP contribution < -0.4 is 16.0 Å². The Morgan fingerprint density at radius 3 is 2.27 bits per heavy atom. The third kappa shape index (κ3) is 4.42. The Morgan fingerprint density at radius 2 is 1.71 bits per heavy atom. The number of nitrogens with one attached hydrogen (secondary N) is 4. The van der Waals surface area contributed by atoms with Gasteiger partial charge in [0, 0.05) is 31.3 Å². The molecule has 210 valence electrons. The van der Waals surface area contributed by atoms with Gasteiger partial charge < -0.3 is 20.9 Å². The second kappa shape index (κ2) is 10.4. The number of H-pyrrole nitrogens is 1. The number of tetrazole rings is 1. The molecule has 2 aliphatic carbocycles. The molecule has 6 rings (SSSR count). The molecule has 1 unspecified atom stereocenters. The van der Waals surface area contributed by atoms with Gasteiger partial charge in [-0.3, -0.25) is 14.4 Å². The Kier molecular flexibility index (Phi) is 6.75. The van der Waals surface area contributed by atoms with Crippen LogP contribution in [-0.2, 0) is 16.6 Å². The maximum absolute atomic E-state index is 13.1. The van der Waals surface area contributed by atoms with Gasteiger partial charge >= 0.3 is 0 Å². The first-order valence-electron chi connectivity index (χ1n) is 13.8. The van der Waals surface area contributed by atoms with Gasteiger partial charge in [-0.15, -0.1) is 10.2 Å². The lowest BCUT2D eigenvalue weighted by atomic mass is 9.63. The Balaban J connectivity index is 1.36. The van der Waals surface area contributed by atoms with Crippen molar-refractivity contribution in [1.82, 2.24) is 41.5 Å². The predicted molar refractivity (Wildman–Crippen MR) is 147 cm³/mol. The summed E-state index contributed by atoms with van der Waals surface area (Å²) in [4.78, 5) is 39.8. The minimum Gasteiger partial charge on any atom is -0.355 e. The van der Waals surface area contributed by atoms with Crippen LogP contribution in [0, 0.1) is 17.2 Å². The molecule has 3 atom stereocenters. The fraction of sp³-hybridized carbons (Fsp3) is 0.414. The third-order valence-electron chi connectivity index (χ3n) is 8.71. The van der Waals surface area contributed by atoms with Crippen molar-refractivity contribution in [2.75, 3.05) is 27.2 Å². The number of rotatable bonds is 8. The van der Waals surface area contributed by atoms with Crippen molar-refractivity contribution in [3.05, 3.63) is 75.6 Å². The summed E-state index contributed by atoms with van der Waals surface area (Å²) in [5, 5.41) is 33.5. The molecule has 2 heterocycles. The first-order chi connectivity index (χ1) is 19.9. The lowest BCUT2D eigenvalue weighted by molar-refractivity contribution is -0.131. The van der Waals surface area contributed by atoms with Crippen LogP contribution in [0.3, 0.4) is 0 Å². The summed E-state index contributed by atoms with van der Waals surface area (Å²) in [5.74, 6) is 0.458. The van der Waals surface area contributed by atoms with Crippen molar-refractivity contribution in [1.29, 1.82) is 5.26 Å². The summed E-state index contributed by atoms with van der Waals surface area (Å²) in [5.41, 5.74) is 3.90. The molecule has 41 heavy (non-hydrogen) atoms. The molecular weight excluding hydrogens is 522 g/mol. The number of amides is 3. The molecule has 1 saturated heterocycles. The van der Waals surface area contributed by atoms with E-state index >= 15 is 0 Å². The van der Waals surface area contributed by atoms with Gasteiger partial charge in [-0.05, 0) is 84.7 Å². The fourth-order valence-electron chi connectivity index (χ4n) is 6.69. The van der Waals surface area contributed by atoms with Gasteiger partial charge in [0.05, 0.1) is 18.0 Å². The zero-order valence-corrected chi connectivity index (χ0v) is 22.9. The molecule has 0 radical (unpaired) electrons. The summed E-state index contributed by atoms with van der Waals surface area (Å²) in [6, 6.07) is 13.3. The molecule has 2 fully saturated rings. The monoisotopic (exact) mass is 553 g/mol. The van der Waals surface area contributed by atoms with E-state index in [1.165, 1.54) is 0 Å². The van der Waals surface area contributed by atoms with Crippen molar-refractivity contribution in [2.45, 2.75) is 43.2 Å². The highest BCUT2D eigenvalue weighted by atomic mass is 16.2. The van der Waals surface area contributed by atoms with Crippen LogP contribution in [0.2, 0.25) is 0 Å². The summed E-state index contributed by atoms with van der Waals surface area (Å²) >= 11 is 0. The summed E-state index contributed by atoms with van der Waals surface area (Å²) in [6.07, 6.45) is 2.73. The van der Waals surface area contributed by atoms with Crippen LogP contribution in [0.1, 0.15) is 68.1 Å². The number of likely N-dealkylation sites (tertiary alicyclic amines) is 1. The number of benzene rings is 2. The van der Waals surface area contributed by atoms with E-state index in [9.17, 15) is 19.6 Å². The van der Waals surface area contributed by atoms with Gasteiger partial charge in [0.2, 0.25) is 5.91 Å². The van der Waals surface area contributed by atoms with E-state index in [1.54, 1.807) is 31.1 Å². The highest BCUT2D eigenvalue weighted by Gasteiger charge is 2.54. The first-order valence-corrected chi connectivity index (χ1v) is 13.8. The van der Waals surface area contributed by atoms with E-state index in [1.807, 2.05) is 24.3 Å². The van der Waals surface area contributed by atoms with Crippen LogP contribution >= 0.6 is 0 Å². The molecule has 3 aromatic rings. The zero-order chi connectivity index (χ0) is 28.7. The molecule has 3 aliphatic rings. The Hall–Kier alpha value is -4.63. The SMILES string of the molecule is CNC(=O)c1ccc2c(c1)Cc1cc(C(=O)NC)ccc1C2(CCNCC(=O)N1C(C#N)C[C@@H]2C[C@@H]21)c1nn[nH]n1. The van der Waals surface area contributed by atoms with Crippen LogP contribution in [-0.4, -0.2) is 82.5 Å². The van der Waals surface area contributed by atoms with Crippen molar-refractivity contribution in [3.8, 4) is 6.07 Å². The molecular formula is C29H31N9O3. The predicted octanol–water partition coefficient (Wildman–Crippen LogP) is 0.650. The fourth-order valence-corrected chi connectivity index (χ4v) is 6.69. The molecule has 1 aliphatic heterocycles. The number of hydrogen-bond acceptors (Lipinski definition) is 8. The molecule has 1 aromatic heterocycles. The van der Waals surface area contributed by atoms with E-state index in [2.05, 4.69) is 42.6 Å². The number of hydrogen-bond donors (Lipinski definition) is 4. The number of carbonyl (C=O) groups excluding carboxylic acids is 3. The maximum atomic E-state index is 13.1. The number of nitriles is 1. The highest BCUT2D eigenvalue weighted by Crippen LogP contribution is 2.48. The molecule has 4 N–H and O–H groups in total. The molecule has 12 nitrogen and oxygen atoms in total. The van der Waals surface area contributed by atoms with Gasteiger partial charge in [-0.1, -0.05) is 17.3 Å². The minimum absolute atomic E-state index is 0.0648. The average Bonchev–Trinajstić information content (AvgIpc) is 3.36. The average molecular weight is 554 g/mol. The molecule has 0 spiro atoms. The van der Waals surface area contributed by atoms with E-state index < -0.39 is 5.41 Å². The van der Waals surface area contributed by atoms with Gasteiger partial charge in [0.15, 0.2) is 5.82 Å². The summed E-state index contributed by atoms with van der Waals surface area (Å²) < 4.78 is 0. The highest BCUT2D eigenvalue weighted by molar-refractivity contribution is 5.95. The summed E-state index contributed by atoms with van der Waals surface area (Å²) in [7, 11) is 3.18. The van der Waals surface area contributed by atoms with E-state index in [4.69, 9.17) is 0 Å². The Morgan fingerprint density at radius 1 is 1.05 bits per heavy atom. The van der Waals surface area contributed by atoms with Gasteiger partial charge in [0.1, 0.15) is 6.04 Å². The van der Waals surface area contributed by atoms with Gasteiger partial charge in [0.25, 0.3) is 11.8 Å². The number of aromatic amines is 1. The second-order valence-electron chi connectivity index (χ2n) is 10.9. The van der Waals surface area contributed by atoms with Gasteiger partial charge in [-0.2, -0.15) is 10.5 Å². The molecule has 2 aromatic carbocycles. The van der Waals surface area contributed by atoms with E-state index in [0.717, 1.165) is 35.1 Å². The van der Waals surface area contributed by atoms with E-state index in [-0.39, 0.29) is 36.3 Å². The quantitative estimate of drug-likeness (QED) is 0.295. The van der Waals surface area contributed by atoms with Crippen LogP contribution in [0.4, 0.5) is 0 Å². The lowest BCUT2D eigenvalue weighted by Gasteiger charge is -2.39. The van der Waals surface area contributed by atoms with Crippen molar-refractivity contribution >= 4 is 17.7 Å². The maximum Gasteiger partial charge on any atom is 0.251 e. The van der Waals surface area contributed by atoms with Crippen LogP contribution in [0.25, 0.3) is 0 Å². The number of nitrogens with zero attached hydrogens (tertiary/aromatic N) is 5. The normalized spacial score (nSPS) is 21.2. The molecule has 1 saturated carbocycles. The van der Waals surface area contributed by atoms with Crippen LogP contribution in [0.5, 0.6) is 0 Å². The van der Waals surface area contributed by atoms with Crippen molar-refractivity contribution in [3.63, 3.8) is 0 Å². The summed E-state index contributed by atoms with van der Waals surface area (Å²) in [6.45, 7) is 0.557. The lowest BCUT2D eigenvalue weighted by Crippen LogP contribution is -2.44. The van der Waals surface area contributed by atoms with E-state index in [0.29, 0.717) is 42.3 Å². The van der Waals surface area contributed by atoms with Gasteiger partial charge in [-0.25, -0.2) is 0 Å². The largest absolute Gasteiger partial charge is 0.355 e. The second-order valence-corrected chi connectivity index (χ2v) is 10.9. The zero-order valence-electron chi connectivity index (χ0n) is 22.9. The molecule has 3 amide bonds. The smallest absolute Gasteiger partial charge is 0.251 e.